The molecule has 160 valence electrons. The molecule has 0 fully saturated rings. The molecule has 0 aliphatic rings. The molecule has 2 aromatic carbocycles. The standard InChI is InChI=1S/C22H25BrN2O5/c1-14-6-5-7-15(2)21(14)24-19(26)12-25(4)20(27)13-29-22(28)16(3)30-18-10-8-17(23)9-11-18/h5-11,16H,12-13H2,1-4H3,(H,24,26). The number of esters is 1. The van der Waals surface area contributed by atoms with Crippen molar-refractivity contribution in [3.63, 3.8) is 0 Å². The van der Waals surface area contributed by atoms with Crippen molar-refractivity contribution in [2.75, 3.05) is 25.5 Å². The fourth-order valence-electron chi connectivity index (χ4n) is 2.62. The number of aryl methyl sites for hydroxylation is 2. The third-order valence-corrected chi connectivity index (χ3v) is 4.88. The number of rotatable bonds is 8. The van der Waals surface area contributed by atoms with Crippen LogP contribution in [-0.2, 0) is 19.1 Å². The molecule has 0 saturated heterocycles. The smallest absolute Gasteiger partial charge is 0.347 e. The second kappa shape index (κ2) is 10.8. The molecule has 1 unspecified atom stereocenters. The Balaban J connectivity index is 1.79. The molecular weight excluding hydrogens is 452 g/mol. The number of carbonyl (C=O) groups is 3. The Morgan fingerprint density at radius 1 is 1.07 bits per heavy atom. The number of carbonyl (C=O) groups excluding carboxylic acids is 3. The topological polar surface area (TPSA) is 84.9 Å². The molecule has 0 bridgehead atoms. The molecule has 0 saturated carbocycles. The van der Waals surface area contributed by atoms with Crippen molar-refractivity contribution >= 4 is 39.4 Å². The zero-order valence-corrected chi connectivity index (χ0v) is 19.0. The number of nitrogens with one attached hydrogen (secondary N) is 1. The van der Waals surface area contributed by atoms with Crippen LogP contribution in [0.5, 0.6) is 5.75 Å². The molecular formula is C22H25BrN2O5. The van der Waals surface area contributed by atoms with E-state index in [1.165, 1.54) is 18.9 Å². The van der Waals surface area contributed by atoms with Crippen molar-refractivity contribution in [3.8, 4) is 5.75 Å². The van der Waals surface area contributed by atoms with Gasteiger partial charge in [0.05, 0.1) is 6.54 Å². The van der Waals surface area contributed by atoms with E-state index in [-0.39, 0.29) is 12.5 Å². The highest BCUT2D eigenvalue weighted by Gasteiger charge is 2.20. The highest BCUT2D eigenvalue weighted by Crippen LogP contribution is 2.19. The Bertz CT molecular complexity index is 894. The van der Waals surface area contributed by atoms with Crippen LogP contribution in [0.25, 0.3) is 0 Å². The van der Waals surface area contributed by atoms with Crippen LogP contribution >= 0.6 is 15.9 Å². The molecule has 0 aliphatic carbocycles. The highest BCUT2D eigenvalue weighted by atomic mass is 79.9. The summed E-state index contributed by atoms with van der Waals surface area (Å²) in [7, 11) is 1.47. The van der Waals surface area contributed by atoms with E-state index >= 15 is 0 Å². The van der Waals surface area contributed by atoms with Gasteiger partial charge < -0.3 is 19.7 Å². The van der Waals surface area contributed by atoms with Gasteiger partial charge in [-0.15, -0.1) is 0 Å². The first-order valence-corrected chi connectivity index (χ1v) is 10.2. The molecule has 8 heteroatoms. The molecule has 30 heavy (non-hydrogen) atoms. The Kier molecular flexibility index (Phi) is 8.41. The van der Waals surface area contributed by atoms with Gasteiger partial charge in [-0.25, -0.2) is 4.79 Å². The van der Waals surface area contributed by atoms with Crippen LogP contribution in [0.1, 0.15) is 18.1 Å². The van der Waals surface area contributed by atoms with Gasteiger partial charge in [0.25, 0.3) is 5.91 Å². The average Bonchev–Trinajstić information content (AvgIpc) is 2.70. The molecule has 2 aromatic rings. The summed E-state index contributed by atoms with van der Waals surface area (Å²) in [5.74, 6) is -0.980. The van der Waals surface area contributed by atoms with E-state index in [9.17, 15) is 14.4 Å². The molecule has 7 nitrogen and oxygen atoms in total. The summed E-state index contributed by atoms with van der Waals surface area (Å²) in [4.78, 5) is 37.8. The van der Waals surface area contributed by atoms with Gasteiger partial charge in [-0.2, -0.15) is 0 Å². The van der Waals surface area contributed by atoms with E-state index in [0.29, 0.717) is 5.75 Å². The number of anilines is 1. The van der Waals surface area contributed by atoms with E-state index in [0.717, 1.165) is 21.3 Å². The number of hydrogen-bond acceptors (Lipinski definition) is 5. The number of amides is 2. The molecule has 2 rings (SSSR count). The van der Waals surface area contributed by atoms with Crippen LogP contribution in [0.4, 0.5) is 5.69 Å². The summed E-state index contributed by atoms with van der Waals surface area (Å²) in [6.45, 7) is 4.70. The number of halogens is 1. The van der Waals surface area contributed by atoms with Gasteiger partial charge in [0, 0.05) is 17.2 Å². The maximum atomic E-state index is 12.3. The maximum Gasteiger partial charge on any atom is 0.347 e. The zero-order chi connectivity index (χ0) is 22.3. The Morgan fingerprint density at radius 2 is 1.67 bits per heavy atom. The molecule has 1 atom stereocenters. The number of para-hydroxylation sites is 1. The Labute approximate surface area is 184 Å². The molecule has 2 amide bonds. The minimum Gasteiger partial charge on any atom is -0.479 e. The predicted octanol–water partition coefficient (Wildman–Crippen LogP) is 3.47. The molecule has 0 aromatic heterocycles. The minimum absolute atomic E-state index is 0.158. The fraction of sp³-hybridized carbons (Fsp3) is 0.318. The van der Waals surface area contributed by atoms with Crippen LogP contribution < -0.4 is 10.1 Å². The molecule has 0 radical (unpaired) electrons. The van der Waals surface area contributed by atoms with E-state index in [2.05, 4.69) is 21.2 Å². The van der Waals surface area contributed by atoms with Crippen LogP contribution in [0, 0.1) is 13.8 Å². The average molecular weight is 477 g/mol. The summed E-state index contributed by atoms with van der Waals surface area (Å²) < 4.78 is 11.4. The van der Waals surface area contributed by atoms with Gasteiger partial charge in [0.2, 0.25) is 5.91 Å². The Hall–Kier alpha value is -2.87. The zero-order valence-electron chi connectivity index (χ0n) is 17.4. The van der Waals surface area contributed by atoms with Crippen molar-refractivity contribution in [2.45, 2.75) is 26.9 Å². The van der Waals surface area contributed by atoms with Crippen LogP contribution in [0.3, 0.4) is 0 Å². The minimum atomic E-state index is -0.878. The SMILES string of the molecule is Cc1cccc(C)c1NC(=O)CN(C)C(=O)COC(=O)C(C)Oc1ccc(Br)cc1. The number of nitrogens with zero attached hydrogens (tertiary/aromatic N) is 1. The lowest BCUT2D eigenvalue weighted by molar-refractivity contribution is -0.157. The van der Waals surface area contributed by atoms with Gasteiger partial charge in [-0.3, -0.25) is 9.59 Å². The first kappa shape index (κ1) is 23.4. The lowest BCUT2D eigenvalue weighted by Gasteiger charge is -2.19. The van der Waals surface area contributed by atoms with Gasteiger partial charge in [0.15, 0.2) is 12.7 Å². The quantitative estimate of drug-likeness (QED) is 0.589. The molecule has 0 aliphatic heterocycles. The Morgan fingerprint density at radius 3 is 2.27 bits per heavy atom. The van der Waals surface area contributed by atoms with E-state index in [1.54, 1.807) is 24.3 Å². The van der Waals surface area contributed by atoms with E-state index in [1.807, 2.05) is 32.0 Å². The summed E-state index contributed by atoms with van der Waals surface area (Å²) >= 11 is 3.32. The van der Waals surface area contributed by atoms with Crippen LogP contribution in [-0.4, -0.2) is 49.0 Å². The normalized spacial score (nSPS) is 11.4. The van der Waals surface area contributed by atoms with Gasteiger partial charge in [-0.05, 0) is 56.2 Å². The lowest BCUT2D eigenvalue weighted by Crippen LogP contribution is -2.38. The number of ether oxygens (including phenoxy) is 2. The summed E-state index contributed by atoms with van der Waals surface area (Å²) in [6, 6.07) is 12.7. The first-order chi connectivity index (χ1) is 14.2. The van der Waals surface area contributed by atoms with E-state index < -0.39 is 24.6 Å². The molecule has 1 N–H and O–H groups in total. The van der Waals surface area contributed by atoms with Crippen LogP contribution in [0.15, 0.2) is 46.9 Å². The van der Waals surface area contributed by atoms with E-state index in [4.69, 9.17) is 9.47 Å². The lowest BCUT2D eigenvalue weighted by atomic mass is 10.1. The fourth-order valence-corrected chi connectivity index (χ4v) is 2.88. The van der Waals surface area contributed by atoms with Crippen molar-refractivity contribution in [1.29, 1.82) is 0 Å². The van der Waals surface area contributed by atoms with Crippen molar-refractivity contribution in [3.05, 3.63) is 58.1 Å². The third kappa shape index (κ3) is 6.88. The number of benzene rings is 2. The van der Waals surface area contributed by atoms with Crippen molar-refractivity contribution in [1.82, 2.24) is 4.90 Å². The van der Waals surface area contributed by atoms with Gasteiger partial charge in [-0.1, -0.05) is 34.1 Å². The number of likely N-dealkylation sites (N-methyl/N-ethyl adjacent to an activating group) is 1. The maximum absolute atomic E-state index is 12.3. The summed E-state index contributed by atoms with van der Waals surface area (Å²) in [5.41, 5.74) is 2.60. The van der Waals surface area contributed by atoms with Gasteiger partial charge >= 0.3 is 5.97 Å². The molecule has 0 heterocycles. The first-order valence-electron chi connectivity index (χ1n) is 9.36. The number of hydrogen-bond donors (Lipinski definition) is 1. The third-order valence-electron chi connectivity index (χ3n) is 4.35. The highest BCUT2D eigenvalue weighted by molar-refractivity contribution is 9.10. The monoisotopic (exact) mass is 476 g/mol. The second-order valence-electron chi connectivity index (χ2n) is 6.89. The summed E-state index contributed by atoms with van der Waals surface area (Å²) in [6.07, 6.45) is -0.878. The largest absolute Gasteiger partial charge is 0.479 e. The van der Waals surface area contributed by atoms with Gasteiger partial charge in [0.1, 0.15) is 5.75 Å². The summed E-state index contributed by atoms with van der Waals surface area (Å²) in [5, 5.41) is 2.81. The predicted molar refractivity (Wildman–Crippen MR) is 117 cm³/mol. The van der Waals surface area contributed by atoms with Crippen molar-refractivity contribution in [2.24, 2.45) is 0 Å². The molecule has 0 spiro atoms. The second-order valence-corrected chi connectivity index (χ2v) is 7.80. The van der Waals surface area contributed by atoms with Crippen LogP contribution in [0.2, 0.25) is 0 Å². The van der Waals surface area contributed by atoms with Crippen molar-refractivity contribution < 1.29 is 23.9 Å².